The molecule has 0 bridgehead atoms. The molecule has 0 saturated carbocycles. The Kier molecular flexibility index (Phi) is 8.38. The summed E-state index contributed by atoms with van der Waals surface area (Å²) in [5.41, 5.74) is -2.15. The van der Waals surface area contributed by atoms with E-state index >= 15 is 0 Å². The molecule has 0 spiro atoms. The standard InChI is InChI=1S/C12H17ClN2O3.C10H13ClN2O5/c1-4-8-7(2)12(3,13)10(18-8)15-6-5-9(16)14-11(15)17;1-10(11)7(16)5(4-14)18-8(10)13-3-2-6(15)12-9(13)17/h5-8,10H,4H2,1-3H3,(H,14,16,17);2-3,5,7-8,14,16H,4H2,1H3,(H,12,15,17)/t7-,8-,10-,12-;5-,7-,8-,10-/m11/s1. The summed E-state index contributed by atoms with van der Waals surface area (Å²) in [4.78, 5) is 47.8. The van der Waals surface area contributed by atoms with E-state index in [1.165, 1.54) is 30.0 Å². The highest BCUT2D eigenvalue weighted by molar-refractivity contribution is 6.24. The molecule has 0 unspecified atom stereocenters. The van der Waals surface area contributed by atoms with Crippen molar-refractivity contribution in [2.24, 2.45) is 5.92 Å². The lowest BCUT2D eigenvalue weighted by Gasteiger charge is -2.27. The molecular weight excluding hydrogens is 519 g/mol. The van der Waals surface area contributed by atoms with E-state index in [9.17, 15) is 24.3 Å². The minimum absolute atomic E-state index is 0.0105. The normalized spacial score (nSPS) is 35.9. The van der Waals surface area contributed by atoms with Gasteiger partial charge in [0.1, 0.15) is 17.1 Å². The highest BCUT2D eigenvalue weighted by atomic mass is 35.5. The molecule has 0 radical (unpaired) electrons. The molecule has 2 saturated heterocycles. The average molecular weight is 549 g/mol. The van der Waals surface area contributed by atoms with Gasteiger partial charge >= 0.3 is 11.4 Å². The maximum Gasteiger partial charge on any atom is 0.330 e. The van der Waals surface area contributed by atoms with E-state index < -0.39 is 63.5 Å². The van der Waals surface area contributed by atoms with E-state index in [2.05, 4.69) is 9.97 Å². The second kappa shape index (κ2) is 10.6. The number of nitrogens with one attached hydrogen (secondary N) is 2. The number of aromatic amines is 2. The van der Waals surface area contributed by atoms with Gasteiger partial charge in [-0.15, -0.1) is 23.2 Å². The minimum atomic E-state index is -1.28. The fourth-order valence-corrected chi connectivity index (χ4v) is 4.97. The zero-order chi connectivity index (χ0) is 27.0. The number of ether oxygens (including phenoxy) is 2. The molecule has 0 aromatic carbocycles. The third-order valence-corrected chi connectivity index (χ3v) is 7.68. The summed E-state index contributed by atoms with van der Waals surface area (Å²) in [6.45, 7) is 6.97. The summed E-state index contributed by atoms with van der Waals surface area (Å²) in [5.74, 6) is 0.119. The van der Waals surface area contributed by atoms with Crippen molar-refractivity contribution in [1.29, 1.82) is 0 Å². The Bertz CT molecular complexity index is 1200. The molecule has 2 aliphatic heterocycles. The van der Waals surface area contributed by atoms with Crippen LogP contribution in [-0.2, 0) is 9.47 Å². The fourth-order valence-electron chi connectivity index (χ4n) is 4.38. The van der Waals surface area contributed by atoms with Gasteiger partial charge in [0.2, 0.25) is 0 Å². The van der Waals surface area contributed by atoms with Gasteiger partial charge in [-0.1, -0.05) is 13.8 Å². The highest BCUT2D eigenvalue weighted by Crippen LogP contribution is 2.47. The van der Waals surface area contributed by atoms with Gasteiger partial charge in [0.25, 0.3) is 11.1 Å². The second-order valence-electron chi connectivity index (χ2n) is 9.22. The molecule has 4 rings (SSSR count). The molecule has 8 atom stereocenters. The first-order chi connectivity index (χ1) is 16.7. The summed E-state index contributed by atoms with van der Waals surface area (Å²) >= 11 is 12.7. The van der Waals surface area contributed by atoms with E-state index in [1.54, 1.807) is 0 Å². The van der Waals surface area contributed by atoms with Crippen LogP contribution in [0.2, 0.25) is 0 Å². The topological polar surface area (TPSA) is 169 Å². The predicted molar refractivity (Wildman–Crippen MR) is 132 cm³/mol. The first-order valence-electron chi connectivity index (χ1n) is 11.4. The Morgan fingerprint density at radius 2 is 1.36 bits per heavy atom. The van der Waals surface area contributed by atoms with Gasteiger partial charge in [-0.3, -0.25) is 28.7 Å². The molecule has 12 nitrogen and oxygen atoms in total. The number of halogens is 2. The van der Waals surface area contributed by atoms with E-state index in [1.807, 2.05) is 20.8 Å². The molecule has 4 N–H and O–H groups in total. The lowest BCUT2D eigenvalue weighted by atomic mass is 9.90. The first-order valence-corrected chi connectivity index (χ1v) is 12.1. The van der Waals surface area contributed by atoms with Crippen LogP contribution in [0.1, 0.15) is 46.6 Å². The predicted octanol–water partition coefficient (Wildman–Crippen LogP) is 0.262. The molecule has 0 aliphatic carbocycles. The van der Waals surface area contributed by atoms with Crippen molar-refractivity contribution in [1.82, 2.24) is 19.1 Å². The van der Waals surface area contributed by atoms with Gasteiger partial charge in [-0.2, -0.15) is 0 Å². The minimum Gasteiger partial charge on any atom is -0.394 e. The van der Waals surface area contributed by atoms with Crippen molar-refractivity contribution >= 4 is 23.2 Å². The third kappa shape index (κ3) is 5.24. The van der Waals surface area contributed by atoms with Crippen molar-refractivity contribution < 1.29 is 19.7 Å². The number of hydrogen-bond acceptors (Lipinski definition) is 8. The zero-order valence-electron chi connectivity index (χ0n) is 20.2. The number of aliphatic hydroxyl groups is 2. The van der Waals surface area contributed by atoms with E-state index in [4.69, 9.17) is 37.8 Å². The molecule has 2 aliphatic rings. The maximum absolute atomic E-state index is 11.8. The van der Waals surface area contributed by atoms with Gasteiger partial charge < -0.3 is 19.7 Å². The van der Waals surface area contributed by atoms with Crippen LogP contribution >= 0.6 is 23.2 Å². The van der Waals surface area contributed by atoms with Crippen LogP contribution in [0.15, 0.2) is 43.7 Å². The third-order valence-electron chi connectivity index (χ3n) is 6.74. The fraction of sp³-hybridized carbons (Fsp3) is 0.636. The molecule has 2 aromatic rings. The molecular formula is C22H30Cl2N4O8. The zero-order valence-corrected chi connectivity index (χ0v) is 21.7. The van der Waals surface area contributed by atoms with Gasteiger partial charge in [0.15, 0.2) is 12.5 Å². The quantitative estimate of drug-likeness (QED) is 0.394. The van der Waals surface area contributed by atoms with Crippen LogP contribution in [0.4, 0.5) is 0 Å². The van der Waals surface area contributed by atoms with Crippen LogP contribution in [0.5, 0.6) is 0 Å². The number of aromatic nitrogens is 4. The number of H-pyrrole nitrogens is 2. The Balaban J connectivity index is 0.000000201. The second-order valence-corrected chi connectivity index (χ2v) is 10.8. The van der Waals surface area contributed by atoms with Crippen LogP contribution in [0.25, 0.3) is 0 Å². The Morgan fingerprint density at radius 3 is 1.72 bits per heavy atom. The summed E-state index contributed by atoms with van der Waals surface area (Å²) in [5, 5.41) is 18.9. The van der Waals surface area contributed by atoms with Crippen LogP contribution in [0.3, 0.4) is 0 Å². The van der Waals surface area contributed by atoms with Crippen molar-refractivity contribution in [3.63, 3.8) is 0 Å². The highest BCUT2D eigenvalue weighted by Gasteiger charge is 2.53. The van der Waals surface area contributed by atoms with Crippen molar-refractivity contribution in [3.05, 3.63) is 66.2 Å². The molecule has 36 heavy (non-hydrogen) atoms. The van der Waals surface area contributed by atoms with Crippen molar-refractivity contribution in [2.45, 2.75) is 74.6 Å². The first kappa shape index (κ1) is 28.4. The van der Waals surface area contributed by atoms with Crippen LogP contribution in [-0.4, -0.2) is 64.0 Å². The maximum atomic E-state index is 11.8. The van der Waals surface area contributed by atoms with Crippen molar-refractivity contribution in [2.75, 3.05) is 6.61 Å². The Morgan fingerprint density at radius 1 is 0.917 bits per heavy atom. The lowest BCUT2D eigenvalue weighted by Crippen LogP contribution is -2.42. The SMILES string of the molecule is CC[C@H]1O[C@@H](n2ccc(=O)[nH]c2=O)[C@](C)(Cl)[C@@H]1C.C[C@@]1(Cl)[C@H](O)[C@@H](CO)O[C@H]1n1ccc(=O)[nH]c1=O. The number of nitrogens with zero attached hydrogens (tertiary/aromatic N) is 2. The molecule has 2 aromatic heterocycles. The largest absolute Gasteiger partial charge is 0.394 e. The van der Waals surface area contributed by atoms with E-state index in [0.717, 1.165) is 17.1 Å². The Labute approximate surface area is 215 Å². The van der Waals surface area contributed by atoms with Crippen LogP contribution < -0.4 is 22.5 Å². The summed E-state index contributed by atoms with van der Waals surface area (Å²) in [6, 6.07) is 2.44. The monoisotopic (exact) mass is 548 g/mol. The number of rotatable bonds is 4. The average Bonchev–Trinajstić information content (AvgIpc) is 3.17. The lowest BCUT2D eigenvalue weighted by molar-refractivity contribution is -0.0470. The Hall–Kier alpha value is -2.22. The summed E-state index contributed by atoms with van der Waals surface area (Å²) in [7, 11) is 0. The van der Waals surface area contributed by atoms with Gasteiger partial charge in [-0.25, -0.2) is 9.59 Å². The summed E-state index contributed by atoms with van der Waals surface area (Å²) < 4.78 is 13.6. The molecule has 4 heterocycles. The van der Waals surface area contributed by atoms with E-state index in [0.29, 0.717) is 0 Å². The van der Waals surface area contributed by atoms with E-state index in [-0.39, 0.29) is 12.0 Å². The van der Waals surface area contributed by atoms with Gasteiger partial charge in [0.05, 0.1) is 17.6 Å². The number of aliphatic hydroxyl groups excluding tert-OH is 2. The van der Waals surface area contributed by atoms with Crippen LogP contribution in [0, 0.1) is 5.92 Å². The molecule has 0 amide bonds. The molecule has 2 fully saturated rings. The van der Waals surface area contributed by atoms with Gasteiger partial charge in [-0.05, 0) is 20.3 Å². The van der Waals surface area contributed by atoms with Crippen molar-refractivity contribution in [3.8, 4) is 0 Å². The smallest absolute Gasteiger partial charge is 0.330 e. The molecule has 200 valence electrons. The number of hydrogen-bond donors (Lipinski definition) is 4. The summed E-state index contributed by atoms with van der Waals surface area (Å²) in [6.07, 6.45) is -0.0476. The number of alkyl halides is 2. The molecule has 14 heteroatoms. The van der Waals surface area contributed by atoms with Gasteiger partial charge in [0, 0.05) is 30.4 Å².